The number of likely N-dealkylation sites (tertiary alicyclic amines) is 1. The van der Waals surface area contributed by atoms with Gasteiger partial charge < -0.3 is 10.2 Å². The van der Waals surface area contributed by atoms with E-state index in [1.54, 1.807) is 0 Å². The van der Waals surface area contributed by atoms with Crippen molar-refractivity contribution in [3.05, 3.63) is 52.8 Å². The Morgan fingerprint density at radius 1 is 1.33 bits per heavy atom. The van der Waals surface area contributed by atoms with E-state index in [2.05, 4.69) is 54.4 Å². The molecule has 2 heterocycles. The lowest BCUT2D eigenvalue weighted by molar-refractivity contribution is 0.474. The smallest absolute Gasteiger partial charge is 0.193 e. The van der Waals surface area contributed by atoms with E-state index in [0.29, 0.717) is 5.92 Å². The van der Waals surface area contributed by atoms with Crippen molar-refractivity contribution in [2.75, 3.05) is 26.2 Å². The Morgan fingerprint density at radius 2 is 2.07 bits per heavy atom. The van der Waals surface area contributed by atoms with E-state index in [4.69, 9.17) is 16.6 Å². The maximum atomic E-state index is 6.03. The van der Waals surface area contributed by atoms with Crippen LogP contribution in [0.4, 0.5) is 0 Å². The van der Waals surface area contributed by atoms with Gasteiger partial charge in [-0.05, 0) is 36.6 Å². The summed E-state index contributed by atoms with van der Waals surface area (Å²) in [7, 11) is 1.97. The van der Waals surface area contributed by atoms with Gasteiger partial charge in [0.1, 0.15) is 0 Å². The Bertz CT molecular complexity index is 778. The average Bonchev–Trinajstić information content (AvgIpc) is 3.28. The van der Waals surface area contributed by atoms with Gasteiger partial charge in [0.15, 0.2) is 5.96 Å². The van der Waals surface area contributed by atoms with Crippen LogP contribution in [0.15, 0.2) is 41.7 Å². The van der Waals surface area contributed by atoms with Gasteiger partial charge in [0.05, 0.1) is 12.7 Å². The fraction of sp³-hybridized carbons (Fsp3) is 0.524. The molecule has 1 atom stereocenters. The van der Waals surface area contributed by atoms with Crippen molar-refractivity contribution >= 4 is 17.6 Å². The molecular formula is C21H30ClN5. The lowest BCUT2D eigenvalue weighted by Gasteiger charge is -2.26. The predicted molar refractivity (Wildman–Crippen MR) is 113 cm³/mol. The highest BCUT2D eigenvalue weighted by molar-refractivity contribution is 6.30. The molecule has 1 saturated heterocycles. The van der Waals surface area contributed by atoms with Crippen molar-refractivity contribution in [2.45, 2.75) is 38.5 Å². The molecule has 1 aromatic heterocycles. The minimum absolute atomic E-state index is 0.0479. The van der Waals surface area contributed by atoms with Gasteiger partial charge in [-0.3, -0.25) is 9.67 Å². The fourth-order valence-corrected chi connectivity index (χ4v) is 3.69. The lowest BCUT2D eigenvalue weighted by Crippen LogP contribution is -2.41. The molecule has 1 N–H and O–H groups in total. The number of rotatable bonds is 5. The molecule has 2 aromatic rings. The summed E-state index contributed by atoms with van der Waals surface area (Å²) in [5.74, 6) is 1.53. The zero-order chi connectivity index (χ0) is 19.4. The van der Waals surface area contributed by atoms with Crippen LogP contribution in [0, 0.1) is 0 Å². The molecule has 146 valence electrons. The second kappa shape index (κ2) is 8.34. The minimum Gasteiger partial charge on any atom is -0.357 e. The second-order valence-corrected chi connectivity index (χ2v) is 8.38. The van der Waals surface area contributed by atoms with Gasteiger partial charge in [-0.2, -0.15) is 5.10 Å². The number of guanidine groups is 1. The zero-order valence-electron chi connectivity index (χ0n) is 16.7. The van der Waals surface area contributed by atoms with Gasteiger partial charge in [-0.1, -0.05) is 37.6 Å². The summed E-state index contributed by atoms with van der Waals surface area (Å²) >= 11 is 6.03. The molecule has 0 bridgehead atoms. The SMILES string of the molecule is CCNC(=NCC(C)(C)c1ccc(Cl)cc1)N1CCC(c2cnn(C)c2)C1. The van der Waals surface area contributed by atoms with E-state index < -0.39 is 0 Å². The maximum absolute atomic E-state index is 6.03. The van der Waals surface area contributed by atoms with E-state index in [1.165, 1.54) is 11.1 Å². The Morgan fingerprint density at radius 3 is 2.70 bits per heavy atom. The van der Waals surface area contributed by atoms with Crippen molar-refractivity contribution in [1.82, 2.24) is 20.0 Å². The normalized spacial score (nSPS) is 18.2. The average molecular weight is 388 g/mol. The number of nitrogens with one attached hydrogen (secondary N) is 1. The van der Waals surface area contributed by atoms with Gasteiger partial charge in [-0.15, -0.1) is 0 Å². The van der Waals surface area contributed by atoms with Gasteiger partial charge in [0, 0.05) is 49.2 Å². The summed E-state index contributed by atoms with van der Waals surface area (Å²) in [4.78, 5) is 7.35. The summed E-state index contributed by atoms with van der Waals surface area (Å²) in [6.45, 7) is 10.2. The highest BCUT2D eigenvalue weighted by atomic mass is 35.5. The molecule has 1 fully saturated rings. The number of hydrogen-bond acceptors (Lipinski definition) is 2. The van der Waals surface area contributed by atoms with Crippen LogP contribution in [-0.2, 0) is 12.5 Å². The van der Waals surface area contributed by atoms with E-state index in [-0.39, 0.29) is 5.41 Å². The van der Waals surface area contributed by atoms with Gasteiger partial charge in [0.25, 0.3) is 0 Å². The van der Waals surface area contributed by atoms with Crippen molar-refractivity contribution in [3.8, 4) is 0 Å². The Hall–Kier alpha value is -2.01. The van der Waals surface area contributed by atoms with Gasteiger partial charge >= 0.3 is 0 Å². The molecule has 1 unspecified atom stereocenters. The Labute approximate surface area is 167 Å². The number of hydrogen-bond donors (Lipinski definition) is 1. The topological polar surface area (TPSA) is 45.5 Å². The molecule has 6 heteroatoms. The Balaban J connectivity index is 1.70. The molecule has 5 nitrogen and oxygen atoms in total. The molecular weight excluding hydrogens is 358 g/mol. The third-order valence-corrected chi connectivity index (χ3v) is 5.52. The molecule has 1 aliphatic heterocycles. The van der Waals surface area contributed by atoms with E-state index in [1.807, 2.05) is 30.1 Å². The molecule has 0 amide bonds. The van der Waals surface area contributed by atoms with Crippen molar-refractivity contribution in [1.29, 1.82) is 0 Å². The third kappa shape index (κ3) is 4.83. The van der Waals surface area contributed by atoms with Gasteiger partial charge in [-0.25, -0.2) is 0 Å². The monoisotopic (exact) mass is 387 g/mol. The summed E-state index contributed by atoms with van der Waals surface area (Å²) in [6.07, 6.45) is 5.25. The van der Waals surface area contributed by atoms with Gasteiger partial charge in [0.2, 0.25) is 0 Å². The molecule has 27 heavy (non-hydrogen) atoms. The summed E-state index contributed by atoms with van der Waals surface area (Å²) < 4.78 is 1.88. The first-order chi connectivity index (χ1) is 12.9. The summed E-state index contributed by atoms with van der Waals surface area (Å²) in [5, 5.41) is 8.56. The number of halogens is 1. The van der Waals surface area contributed by atoms with Crippen molar-refractivity contribution < 1.29 is 0 Å². The highest BCUT2D eigenvalue weighted by Crippen LogP contribution is 2.28. The fourth-order valence-electron chi connectivity index (χ4n) is 3.57. The molecule has 3 rings (SSSR count). The van der Waals surface area contributed by atoms with Crippen LogP contribution in [0.5, 0.6) is 0 Å². The maximum Gasteiger partial charge on any atom is 0.193 e. The summed E-state index contributed by atoms with van der Waals surface area (Å²) in [6, 6.07) is 8.09. The van der Waals surface area contributed by atoms with Crippen molar-refractivity contribution in [2.24, 2.45) is 12.0 Å². The van der Waals surface area contributed by atoms with Crippen LogP contribution in [0.1, 0.15) is 44.2 Å². The van der Waals surface area contributed by atoms with Crippen LogP contribution < -0.4 is 5.32 Å². The van der Waals surface area contributed by atoms with Crippen LogP contribution in [0.2, 0.25) is 5.02 Å². The van der Waals surface area contributed by atoms with Crippen LogP contribution in [-0.4, -0.2) is 46.8 Å². The van der Waals surface area contributed by atoms with E-state index >= 15 is 0 Å². The number of aryl methyl sites for hydroxylation is 1. The van der Waals surface area contributed by atoms with Crippen molar-refractivity contribution in [3.63, 3.8) is 0 Å². The highest BCUT2D eigenvalue weighted by Gasteiger charge is 2.28. The predicted octanol–water partition coefficient (Wildman–Crippen LogP) is 3.81. The molecule has 0 saturated carbocycles. The second-order valence-electron chi connectivity index (χ2n) is 7.94. The molecule has 0 radical (unpaired) electrons. The minimum atomic E-state index is -0.0479. The quantitative estimate of drug-likeness (QED) is 0.626. The third-order valence-electron chi connectivity index (χ3n) is 5.27. The lowest BCUT2D eigenvalue weighted by atomic mass is 9.85. The van der Waals surface area contributed by atoms with Crippen LogP contribution >= 0.6 is 11.6 Å². The number of nitrogens with zero attached hydrogens (tertiary/aromatic N) is 4. The first kappa shape index (κ1) is 19.7. The number of aliphatic imine (C=N–C) groups is 1. The zero-order valence-corrected chi connectivity index (χ0v) is 17.5. The number of aromatic nitrogens is 2. The first-order valence-corrected chi connectivity index (χ1v) is 10.0. The first-order valence-electron chi connectivity index (χ1n) is 9.67. The van der Waals surface area contributed by atoms with E-state index in [0.717, 1.165) is 43.6 Å². The molecule has 1 aromatic carbocycles. The number of benzene rings is 1. The van der Waals surface area contributed by atoms with Crippen LogP contribution in [0.3, 0.4) is 0 Å². The molecule has 0 spiro atoms. The Kier molecular flexibility index (Phi) is 6.10. The molecule has 1 aliphatic rings. The largest absolute Gasteiger partial charge is 0.357 e. The summed E-state index contributed by atoms with van der Waals surface area (Å²) in [5.41, 5.74) is 2.52. The van der Waals surface area contributed by atoms with E-state index in [9.17, 15) is 0 Å². The van der Waals surface area contributed by atoms with Crippen LogP contribution in [0.25, 0.3) is 0 Å². The standard InChI is InChI=1S/C21H30ClN5/c1-5-23-20(24-15-21(2,3)18-6-8-19(22)9-7-18)27-11-10-16(14-27)17-12-25-26(4)13-17/h6-9,12-13,16H,5,10-11,14-15H2,1-4H3,(H,23,24). The molecule has 0 aliphatic carbocycles.